The summed E-state index contributed by atoms with van der Waals surface area (Å²) in [4.78, 5) is 14.6. The van der Waals surface area contributed by atoms with Gasteiger partial charge >= 0.3 is 0 Å². The van der Waals surface area contributed by atoms with E-state index in [0.717, 1.165) is 48.1 Å². The molecule has 0 spiro atoms. The number of aromatic nitrogens is 3. The van der Waals surface area contributed by atoms with Gasteiger partial charge in [0.1, 0.15) is 11.5 Å². The number of aromatic hydroxyl groups is 1. The van der Waals surface area contributed by atoms with E-state index < -0.39 is 0 Å². The molecule has 5 nitrogen and oxygen atoms in total. The van der Waals surface area contributed by atoms with E-state index in [0.29, 0.717) is 29.6 Å². The van der Waals surface area contributed by atoms with Gasteiger partial charge in [-0.25, -0.2) is 15.0 Å². The monoisotopic (exact) mass is 537 g/mol. The zero-order valence-electron chi connectivity index (χ0n) is 24.5. The number of phenols is 1. The highest BCUT2D eigenvalue weighted by atomic mass is 16.5. The van der Waals surface area contributed by atoms with Crippen LogP contribution in [0.15, 0.2) is 60.7 Å². The van der Waals surface area contributed by atoms with E-state index in [1.807, 2.05) is 30.3 Å². The van der Waals surface area contributed by atoms with E-state index in [9.17, 15) is 5.11 Å². The van der Waals surface area contributed by atoms with Crippen molar-refractivity contribution in [2.45, 2.75) is 85.5 Å². The Labute approximate surface area is 239 Å². The second kappa shape index (κ2) is 14.6. The summed E-state index contributed by atoms with van der Waals surface area (Å²) in [6.45, 7) is 9.21. The highest BCUT2D eigenvalue weighted by Crippen LogP contribution is 2.36. The lowest BCUT2D eigenvalue weighted by Gasteiger charge is -2.15. The molecule has 0 fully saturated rings. The minimum absolute atomic E-state index is 0.122. The first kappa shape index (κ1) is 29.3. The number of aryl methyl sites for hydroxylation is 3. The Hall–Kier alpha value is -3.73. The van der Waals surface area contributed by atoms with Crippen LogP contribution in [0.5, 0.6) is 11.5 Å². The van der Waals surface area contributed by atoms with E-state index >= 15 is 0 Å². The maximum atomic E-state index is 11.2. The number of ether oxygens (including phenoxy) is 1. The van der Waals surface area contributed by atoms with Gasteiger partial charge in [0.05, 0.1) is 12.2 Å². The standard InChI is InChI=1S/C35H43N3O2/c1-5-7-9-11-13-29-23-30(31(39)24-32(29)40-22-12-10-8-6-2)35-37-33(27-18-14-25(3)15-19-27)36-34(38-35)28-20-16-26(4)17-21-28/h14-21,23-24,39H,5-13,22H2,1-4H3. The van der Waals surface area contributed by atoms with Gasteiger partial charge in [0.15, 0.2) is 17.5 Å². The van der Waals surface area contributed by atoms with Crippen LogP contribution in [0, 0.1) is 13.8 Å². The predicted molar refractivity (Wildman–Crippen MR) is 165 cm³/mol. The van der Waals surface area contributed by atoms with Crippen molar-refractivity contribution in [2.75, 3.05) is 6.61 Å². The minimum Gasteiger partial charge on any atom is -0.507 e. The first-order valence-corrected chi connectivity index (χ1v) is 14.9. The van der Waals surface area contributed by atoms with Gasteiger partial charge in [-0.1, -0.05) is 112 Å². The van der Waals surface area contributed by atoms with Gasteiger partial charge in [-0.05, 0) is 44.7 Å². The topological polar surface area (TPSA) is 68.1 Å². The smallest absolute Gasteiger partial charge is 0.167 e. The Balaban J connectivity index is 1.75. The molecular formula is C35H43N3O2. The number of phenolic OH excluding ortho intramolecular Hbond substituents is 1. The van der Waals surface area contributed by atoms with Crippen LogP contribution < -0.4 is 4.74 Å². The van der Waals surface area contributed by atoms with Crippen LogP contribution in [0.3, 0.4) is 0 Å². The molecule has 0 bridgehead atoms. The molecule has 4 rings (SSSR count). The van der Waals surface area contributed by atoms with Crippen LogP contribution in [0.2, 0.25) is 0 Å². The molecule has 0 amide bonds. The molecule has 210 valence electrons. The zero-order valence-corrected chi connectivity index (χ0v) is 24.5. The van der Waals surface area contributed by atoms with E-state index in [1.54, 1.807) is 6.07 Å². The molecule has 0 saturated carbocycles. The van der Waals surface area contributed by atoms with Crippen molar-refractivity contribution < 1.29 is 9.84 Å². The summed E-state index contributed by atoms with van der Waals surface area (Å²) in [5.41, 5.74) is 5.87. The average Bonchev–Trinajstić information content (AvgIpc) is 2.96. The largest absolute Gasteiger partial charge is 0.507 e. The molecule has 0 radical (unpaired) electrons. The molecule has 40 heavy (non-hydrogen) atoms. The Kier molecular flexibility index (Phi) is 10.7. The molecule has 1 aromatic heterocycles. The molecule has 3 aromatic carbocycles. The molecule has 1 heterocycles. The van der Waals surface area contributed by atoms with E-state index in [2.05, 4.69) is 52.0 Å². The lowest BCUT2D eigenvalue weighted by molar-refractivity contribution is 0.300. The van der Waals surface area contributed by atoms with Crippen LogP contribution >= 0.6 is 0 Å². The molecule has 4 aromatic rings. The van der Waals surface area contributed by atoms with Gasteiger partial charge in [0.25, 0.3) is 0 Å². The van der Waals surface area contributed by atoms with E-state index in [1.165, 1.54) is 43.2 Å². The molecule has 1 N–H and O–H groups in total. The summed E-state index contributed by atoms with van der Waals surface area (Å²) in [7, 11) is 0. The van der Waals surface area contributed by atoms with Crippen molar-refractivity contribution in [3.8, 4) is 45.7 Å². The normalized spacial score (nSPS) is 11.1. The molecule has 0 aliphatic rings. The lowest BCUT2D eigenvalue weighted by atomic mass is 10.0. The van der Waals surface area contributed by atoms with Gasteiger partial charge in [-0.2, -0.15) is 0 Å². The lowest BCUT2D eigenvalue weighted by Crippen LogP contribution is -2.03. The van der Waals surface area contributed by atoms with Crippen LogP contribution in [-0.4, -0.2) is 26.7 Å². The number of hydrogen-bond acceptors (Lipinski definition) is 5. The minimum atomic E-state index is 0.122. The Morgan fingerprint density at radius 1 is 0.625 bits per heavy atom. The van der Waals surface area contributed by atoms with Gasteiger partial charge in [0, 0.05) is 17.2 Å². The Morgan fingerprint density at radius 3 is 1.70 bits per heavy atom. The molecule has 0 aliphatic heterocycles. The van der Waals surface area contributed by atoms with Crippen molar-refractivity contribution in [1.82, 2.24) is 15.0 Å². The molecule has 0 saturated heterocycles. The van der Waals surface area contributed by atoms with Gasteiger partial charge in [0.2, 0.25) is 0 Å². The average molecular weight is 538 g/mol. The van der Waals surface area contributed by atoms with Gasteiger partial charge in [-0.15, -0.1) is 0 Å². The maximum absolute atomic E-state index is 11.2. The van der Waals surface area contributed by atoms with Crippen LogP contribution in [-0.2, 0) is 6.42 Å². The van der Waals surface area contributed by atoms with Crippen molar-refractivity contribution in [2.24, 2.45) is 0 Å². The first-order chi connectivity index (χ1) is 19.5. The summed E-state index contributed by atoms with van der Waals surface area (Å²) >= 11 is 0. The highest BCUT2D eigenvalue weighted by molar-refractivity contribution is 5.71. The van der Waals surface area contributed by atoms with Crippen molar-refractivity contribution in [1.29, 1.82) is 0 Å². The number of rotatable bonds is 14. The van der Waals surface area contributed by atoms with Crippen molar-refractivity contribution in [3.63, 3.8) is 0 Å². The van der Waals surface area contributed by atoms with Crippen LogP contribution in [0.4, 0.5) is 0 Å². The Morgan fingerprint density at radius 2 is 1.15 bits per heavy atom. The zero-order chi connectivity index (χ0) is 28.3. The Bertz CT molecular complexity index is 1300. The van der Waals surface area contributed by atoms with Crippen molar-refractivity contribution in [3.05, 3.63) is 77.4 Å². The first-order valence-electron chi connectivity index (χ1n) is 14.9. The third-order valence-electron chi connectivity index (χ3n) is 7.23. The summed E-state index contributed by atoms with van der Waals surface area (Å²) in [6, 6.07) is 20.1. The number of hydrogen-bond donors (Lipinski definition) is 1. The van der Waals surface area contributed by atoms with Gasteiger partial charge < -0.3 is 9.84 Å². The van der Waals surface area contributed by atoms with Crippen molar-refractivity contribution >= 4 is 0 Å². The molecule has 0 atom stereocenters. The van der Waals surface area contributed by atoms with Crippen LogP contribution in [0.1, 0.15) is 81.9 Å². The SMILES string of the molecule is CCCCCCOc1cc(O)c(-c2nc(-c3ccc(C)cc3)nc(-c3ccc(C)cc3)n2)cc1CCCCCC. The fourth-order valence-electron chi connectivity index (χ4n) is 4.74. The summed E-state index contributed by atoms with van der Waals surface area (Å²) < 4.78 is 6.21. The summed E-state index contributed by atoms with van der Waals surface area (Å²) in [5, 5.41) is 11.2. The highest BCUT2D eigenvalue weighted by Gasteiger charge is 2.18. The quantitative estimate of drug-likeness (QED) is 0.162. The predicted octanol–water partition coefficient (Wildman–Crippen LogP) is 9.28. The third kappa shape index (κ3) is 7.91. The number of unbranched alkanes of at least 4 members (excludes halogenated alkanes) is 6. The molecule has 0 unspecified atom stereocenters. The fourth-order valence-corrected chi connectivity index (χ4v) is 4.74. The molecule has 0 aliphatic carbocycles. The van der Waals surface area contributed by atoms with E-state index in [-0.39, 0.29) is 5.75 Å². The number of benzene rings is 3. The maximum Gasteiger partial charge on any atom is 0.167 e. The third-order valence-corrected chi connectivity index (χ3v) is 7.23. The van der Waals surface area contributed by atoms with E-state index in [4.69, 9.17) is 19.7 Å². The van der Waals surface area contributed by atoms with Crippen LogP contribution in [0.25, 0.3) is 34.2 Å². The molecule has 5 heteroatoms. The fraction of sp³-hybridized carbons (Fsp3) is 0.400. The number of nitrogens with zero attached hydrogens (tertiary/aromatic N) is 3. The second-order valence-electron chi connectivity index (χ2n) is 10.7. The summed E-state index contributed by atoms with van der Waals surface area (Å²) in [5.74, 6) is 2.52. The second-order valence-corrected chi connectivity index (χ2v) is 10.7. The van der Waals surface area contributed by atoms with Gasteiger partial charge in [-0.3, -0.25) is 0 Å². The molecular weight excluding hydrogens is 494 g/mol. The summed E-state index contributed by atoms with van der Waals surface area (Å²) in [6.07, 6.45) is 10.1.